The van der Waals surface area contributed by atoms with E-state index in [9.17, 15) is 0 Å². The summed E-state index contributed by atoms with van der Waals surface area (Å²) in [5.74, 6) is 1.15. The largest absolute Gasteiger partial charge is 0.383 e. The van der Waals surface area contributed by atoms with E-state index >= 15 is 0 Å². The molecule has 0 saturated carbocycles. The third-order valence-corrected chi connectivity index (χ3v) is 3.04. The summed E-state index contributed by atoms with van der Waals surface area (Å²) in [6.45, 7) is 1.81. The van der Waals surface area contributed by atoms with Crippen LogP contribution in [0.1, 0.15) is 5.56 Å². The highest BCUT2D eigenvalue weighted by atomic mass is 32.2. The van der Waals surface area contributed by atoms with Crippen LogP contribution >= 0.6 is 11.8 Å². The molecule has 1 rings (SSSR count). The maximum Gasteiger partial charge on any atom is 0.0619 e. The second-order valence-corrected chi connectivity index (χ2v) is 4.77. The zero-order valence-electron chi connectivity index (χ0n) is 10.1. The van der Waals surface area contributed by atoms with Crippen molar-refractivity contribution < 1.29 is 4.74 Å². The van der Waals surface area contributed by atoms with Crippen molar-refractivity contribution in [3.63, 3.8) is 0 Å². The number of hydrogen-bond acceptors (Lipinski definition) is 3. The van der Waals surface area contributed by atoms with Gasteiger partial charge in [0.25, 0.3) is 0 Å². The van der Waals surface area contributed by atoms with Gasteiger partial charge in [0.05, 0.1) is 6.61 Å². The predicted octanol–water partition coefficient (Wildman–Crippen LogP) is 2.20. The summed E-state index contributed by atoms with van der Waals surface area (Å²) in [5, 5.41) is 3.52. The molecular formula is C13H21NOS. The molecular weight excluding hydrogens is 218 g/mol. The second kappa shape index (κ2) is 8.62. The molecule has 1 unspecified atom stereocenters. The fourth-order valence-corrected chi connectivity index (χ4v) is 1.98. The fraction of sp³-hybridized carbons (Fsp3) is 0.538. The first-order valence-electron chi connectivity index (χ1n) is 5.62. The van der Waals surface area contributed by atoms with Crippen molar-refractivity contribution in [3.05, 3.63) is 35.9 Å². The van der Waals surface area contributed by atoms with E-state index in [1.807, 2.05) is 11.8 Å². The number of thioether (sulfide) groups is 1. The molecule has 3 heteroatoms. The van der Waals surface area contributed by atoms with Crippen molar-refractivity contribution >= 4 is 11.8 Å². The van der Waals surface area contributed by atoms with E-state index in [4.69, 9.17) is 4.74 Å². The van der Waals surface area contributed by atoms with Crippen LogP contribution in [0.4, 0.5) is 0 Å². The van der Waals surface area contributed by atoms with Gasteiger partial charge in [0.2, 0.25) is 0 Å². The van der Waals surface area contributed by atoms with E-state index in [2.05, 4.69) is 41.9 Å². The highest BCUT2D eigenvalue weighted by Gasteiger charge is 2.07. The average molecular weight is 239 g/mol. The third-order valence-electron chi connectivity index (χ3n) is 2.43. The first-order chi connectivity index (χ1) is 7.86. The molecule has 0 aromatic heterocycles. The first-order valence-corrected chi connectivity index (χ1v) is 7.01. The lowest BCUT2D eigenvalue weighted by Crippen LogP contribution is -2.36. The Balaban J connectivity index is 2.38. The van der Waals surface area contributed by atoms with E-state index < -0.39 is 0 Å². The van der Waals surface area contributed by atoms with Crippen LogP contribution in [0.15, 0.2) is 30.3 Å². The Bertz CT molecular complexity index is 266. The summed E-state index contributed by atoms with van der Waals surface area (Å²) in [5.41, 5.74) is 1.36. The van der Waals surface area contributed by atoms with Crippen LogP contribution in [0.5, 0.6) is 0 Å². The average Bonchev–Trinajstić information content (AvgIpc) is 2.31. The fourth-order valence-electron chi connectivity index (χ4n) is 1.65. The number of ether oxygens (including phenoxy) is 1. The molecule has 90 valence electrons. The molecule has 0 aliphatic rings. The van der Waals surface area contributed by atoms with E-state index in [0.29, 0.717) is 6.04 Å². The molecule has 1 aromatic carbocycles. The van der Waals surface area contributed by atoms with Crippen LogP contribution in [0.3, 0.4) is 0 Å². The van der Waals surface area contributed by atoms with Crippen LogP contribution in [0.2, 0.25) is 0 Å². The summed E-state index contributed by atoms with van der Waals surface area (Å²) >= 11 is 1.86. The number of methoxy groups -OCH3 is 1. The molecule has 0 aliphatic carbocycles. The molecule has 16 heavy (non-hydrogen) atoms. The first kappa shape index (κ1) is 13.6. The Kier molecular flexibility index (Phi) is 7.30. The molecule has 0 heterocycles. The maximum absolute atomic E-state index is 5.24. The minimum absolute atomic E-state index is 0.416. The molecule has 1 N–H and O–H groups in total. The standard InChI is InChI=1S/C13H21NOS/c1-15-11-13(14-8-9-16-2)10-12-6-4-3-5-7-12/h3-7,13-14H,8-11H2,1-2H3. The zero-order valence-corrected chi connectivity index (χ0v) is 10.9. The van der Waals surface area contributed by atoms with Crippen molar-refractivity contribution in [1.29, 1.82) is 0 Å². The van der Waals surface area contributed by atoms with Crippen molar-refractivity contribution in [1.82, 2.24) is 5.32 Å². The van der Waals surface area contributed by atoms with Gasteiger partial charge in [0.1, 0.15) is 0 Å². The number of nitrogens with one attached hydrogen (secondary N) is 1. The van der Waals surface area contributed by atoms with Gasteiger partial charge in [0, 0.05) is 25.4 Å². The van der Waals surface area contributed by atoms with Gasteiger partial charge in [-0.1, -0.05) is 30.3 Å². The Morgan fingerprint density at radius 3 is 2.69 bits per heavy atom. The Morgan fingerprint density at radius 2 is 2.06 bits per heavy atom. The summed E-state index contributed by atoms with van der Waals surface area (Å²) in [6.07, 6.45) is 3.16. The van der Waals surface area contributed by atoms with E-state index in [1.54, 1.807) is 7.11 Å². The Morgan fingerprint density at radius 1 is 1.31 bits per heavy atom. The minimum Gasteiger partial charge on any atom is -0.383 e. The predicted molar refractivity (Wildman–Crippen MR) is 72.2 cm³/mol. The lowest BCUT2D eigenvalue weighted by atomic mass is 10.1. The van der Waals surface area contributed by atoms with Crippen molar-refractivity contribution in [3.8, 4) is 0 Å². The van der Waals surface area contributed by atoms with Crippen molar-refractivity contribution in [2.24, 2.45) is 0 Å². The van der Waals surface area contributed by atoms with Gasteiger partial charge in [-0.15, -0.1) is 0 Å². The number of benzene rings is 1. The summed E-state index contributed by atoms with van der Waals surface area (Å²) in [4.78, 5) is 0. The van der Waals surface area contributed by atoms with E-state index in [-0.39, 0.29) is 0 Å². The normalized spacial score (nSPS) is 12.6. The molecule has 0 amide bonds. The van der Waals surface area contributed by atoms with Crippen LogP contribution in [-0.2, 0) is 11.2 Å². The van der Waals surface area contributed by atoms with Crippen LogP contribution < -0.4 is 5.32 Å². The molecule has 1 aromatic rings. The Labute approximate surface area is 103 Å². The van der Waals surface area contributed by atoms with Gasteiger partial charge in [-0.05, 0) is 18.2 Å². The smallest absolute Gasteiger partial charge is 0.0619 e. The van der Waals surface area contributed by atoms with Crippen LogP contribution in [0, 0.1) is 0 Å². The van der Waals surface area contributed by atoms with Gasteiger partial charge in [-0.3, -0.25) is 0 Å². The lowest BCUT2D eigenvalue weighted by molar-refractivity contribution is 0.167. The number of hydrogen-bond donors (Lipinski definition) is 1. The topological polar surface area (TPSA) is 21.3 Å². The summed E-state index contributed by atoms with van der Waals surface area (Å²) in [6, 6.07) is 11.0. The quantitative estimate of drug-likeness (QED) is 0.703. The van der Waals surface area contributed by atoms with Crippen LogP contribution in [0.25, 0.3) is 0 Å². The summed E-state index contributed by atoms with van der Waals surface area (Å²) < 4.78 is 5.24. The van der Waals surface area contributed by atoms with Gasteiger partial charge in [-0.25, -0.2) is 0 Å². The monoisotopic (exact) mass is 239 g/mol. The van der Waals surface area contributed by atoms with Gasteiger partial charge in [-0.2, -0.15) is 11.8 Å². The highest BCUT2D eigenvalue weighted by molar-refractivity contribution is 7.98. The van der Waals surface area contributed by atoms with Gasteiger partial charge >= 0.3 is 0 Å². The molecule has 0 radical (unpaired) electrons. The number of rotatable bonds is 8. The summed E-state index contributed by atoms with van der Waals surface area (Å²) in [7, 11) is 1.76. The highest BCUT2D eigenvalue weighted by Crippen LogP contribution is 2.03. The molecule has 0 spiro atoms. The molecule has 2 nitrogen and oxygen atoms in total. The molecule has 1 atom stereocenters. The molecule has 0 fully saturated rings. The molecule has 0 bridgehead atoms. The lowest BCUT2D eigenvalue weighted by Gasteiger charge is -2.17. The zero-order chi connectivity index (χ0) is 11.6. The Hall–Kier alpha value is -0.510. The van der Waals surface area contributed by atoms with Gasteiger partial charge in [0.15, 0.2) is 0 Å². The van der Waals surface area contributed by atoms with Gasteiger partial charge < -0.3 is 10.1 Å². The molecule has 0 saturated heterocycles. The minimum atomic E-state index is 0.416. The SMILES string of the molecule is COCC(Cc1ccccc1)NCCSC. The second-order valence-electron chi connectivity index (χ2n) is 3.79. The van der Waals surface area contributed by atoms with Crippen molar-refractivity contribution in [2.75, 3.05) is 32.3 Å². The van der Waals surface area contributed by atoms with Crippen molar-refractivity contribution in [2.45, 2.75) is 12.5 Å². The maximum atomic E-state index is 5.24. The van der Waals surface area contributed by atoms with E-state index in [0.717, 1.165) is 25.3 Å². The van der Waals surface area contributed by atoms with E-state index in [1.165, 1.54) is 5.56 Å². The van der Waals surface area contributed by atoms with Crippen LogP contribution in [-0.4, -0.2) is 38.3 Å². The third kappa shape index (κ3) is 5.54. The molecule has 0 aliphatic heterocycles.